The van der Waals surface area contributed by atoms with E-state index in [-0.39, 0.29) is 5.91 Å². The highest BCUT2D eigenvalue weighted by molar-refractivity contribution is 6.12. The summed E-state index contributed by atoms with van der Waals surface area (Å²) in [5, 5.41) is 2.95. The van der Waals surface area contributed by atoms with Crippen LogP contribution < -0.4 is 10.2 Å². The number of pyridine rings is 1. The van der Waals surface area contributed by atoms with E-state index >= 15 is 0 Å². The van der Waals surface area contributed by atoms with Gasteiger partial charge in [-0.05, 0) is 45.3 Å². The lowest BCUT2D eigenvalue weighted by Gasteiger charge is -2.26. The molecule has 5 heteroatoms. The summed E-state index contributed by atoms with van der Waals surface area (Å²) in [4.78, 5) is 20.9. The first-order valence-corrected chi connectivity index (χ1v) is 7.43. The van der Waals surface area contributed by atoms with Crippen molar-refractivity contribution in [3.63, 3.8) is 0 Å². The molecule has 2 aromatic rings. The van der Waals surface area contributed by atoms with Gasteiger partial charge in [0, 0.05) is 12.7 Å². The van der Waals surface area contributed by atoms with Gasteiger partial charge in [-0.15, -0.1) is 0 Å². The van der Waals surface area contributed by atoms with Gasteiger partial charge in [0.1, 0.15) is 0 Å². The molecule has 0 saturated heterocycles. The third kappa shape index (κ3) is 2.80. The summed E-state index contributed by atoms with van der Waals surface area (Å²) in [7, 11) is 4.14. The first-order chi connectivity index (χ1) is 10.7. The molecule has 0 bridgehead atoms. The summed E-state index contributed by atoms with van der Waals surface area (Å²) in [6.07, 6.45) is 4.48. The van der Waals surface area contributed by atoms with E-state index in [9.17, 15) is 4.79 Å². The van der Waals surface area contributed by atoms with Crippen molar-refractivity contribution in [3.8, 4) is 0 Å². The highest BCUT2D eigenvalue weighted by atomic mass is 16.1. The number of fused-ring (bicyclic) bond motifs is 2. The van der Waals surface area contributed by atoms with Gasteiger partial charge in [-0.2, -0.15) is 0 Å². The molecule has 0 atom stereocenters. The molecule has 1 aromatic heterocycles. The molecule has 0 unspecified atom stereocenters. The largest absolute Gasteiger partial charge is 0.339 e. The Kier molecular flexibility index (Phi) is 4.06. The van der Waals surface area contributed by atoms with Crippen LogP contribution in [-0.4, -0.2) is 43.0 Å². The van der Waals surface area contributed by atoms with Crippen molar-refractivity contribution in [1.29, 1.82) is 0 Å². The zero-order valence-electron chi connectivity index (χ0n) is 12.9. The normalized spacial score (nSPS) is 13.4. The number of carbonyl (C=O) groups excluding carboxylic acids is 1. The van der Waals surface area contributed by atoms with E-state index in [1.165, 1.54) is 0 Å². The van der Waals surface area contributed by atoms with Crippen LogP contribution in [0.25, 0.3) is 0 Å². The maximum atomic E-state index is 12.4. The number of aromatic nitrogens is 1. The Balaban J connectivity index is 2.02. The zero-order chi connectivity index (χ0) is 15.5. The van der Waals surface area contributed by atoms with E-state index in [2.05, 4.69) is 34.2 Å². The Labute approximate surface area is 130 Å². The van der Waals surface area contributed by atoms with Crippen molar-refractivity contribution in [2.45, 2.75) is 6.42 Å². The maximum absolute atomic E-state index is 12.4. The Morgan fingerprint density at radius 3 is 2.82 bits per heavy atom. The lowest BCUT2D eigenvalue weighted by molar-refractivity contribution is 0.102. The highest BCUT2D eigenvalue weighted by Crippen LogP contribution is 2.37. The molecule has 1 amide bonds. The topological polar surface area (TPSA) is 48.5 Å². The van der Waals surface area contributed by atoms with Gasteiger partial charge < -0.3 is 15.1 Å². The maximum Gasteiger partial charge on any atom is 0.257 e. The number of benzene rings is 1. The third-order valence-electron chi connectivity index (χ3n) is 3.76. The van der Waals surface area contributed by atoms with E-state index in [0.717, 1.165) is 36.6 Å². The van der Waals surface area contributed by atoms with E-state index in [0.29, 0.717) is 5.56 Å². The van der Waals surface area contributed by atoms with Crippen LogP contribution in [-0.2, 0) is 0 Å². The Morgan fingerprint density at radius 1 is 1.18 bits per heavy atom. The minimum Gasteiger partial charge on any atom is -0.339 e. The molecule has 1 aliphatic rings. The molecular formula is C17H20N4O. The van der Waals surface area contributed by atoms with E-state index < -0.39 is 0 Å². The molecule has 114 valence electrons. The summed E-state index contributed by atoms with van der Waals surface area (Å²) in [6.45, 7) is 1.85. The van der Waals surface area contributed by atoms with Crippen LogP contribution in [0, 0.1) is 0 Å². The number of anilines is 3. The predicted octanol–water partition coefficient (Wildman–Crippen LogP) is 2.74. The molecule has 0 saturated carbocycles. The molecule has 1 N–H and O–H groups in total. The minimum absolute atomic E-state index is 0.0834. The van der Waals surface area contributed by atoms with Gasteiger partial charge in [-0.25, -0.2) is 0 Å². The second-order valence-electron chi connectivity index (χ2n) is 5.67. The van der Waals surface area contributed by atoms with Gasteiger partial charge in [0.2, 0.25) is 0 Å². The molecular weight excluding hydrogens is 276 g/mol. The monoisotopic (exact) mass is 296 g/mol. The van der Waals surface area contributed by atoms with Crippen LogP contribution in [0.1, 0.15) is 16.8 Å². The fourth-order valence-corrected chi connectivity index (χ4v) is 2.73. The molecule has 5 nitrogen and oxygen atoms in total. The van der Waals surface area contributed by atoms with Crippen molar-refractivity contribution in [3.05, 3.63) is 48.3 Å². The highest BCUT2D eigenvalue weighted by Gasteiger charge is 2.24. The van der Waals surface area contributed by atoms with Gasteiger partial charge in [-0.1, -0.05) is 12.1 Å². The van der Waals surface area contributed by atoms with Gasteiger partial charge >= 0.3 is 0 Å². The second kappa shape index (κ2) is 6.15. The van der Waals surface area contributed by atoms with Gasteiger partial charge in [0.25, 0.3) is 5.91 Å². The first-order valence-electron chi connectivity index (χ1n) is 7.43. The summed E-state index contributed by atoms with van der Waals surface area (Å²) >= 11 is 0. The van der Waals surface area contributed by atoms with Crippen LogP contribution in [0.15, 0.2) is 42.7 Å². The van der Waals surface area contributed by atoms with Gasteiger partial charge in [0.15, 0.2) is 0 Å². The van der Waals surface area contributed by atoms with Gasteiger partial charge in [0.05, 0.1) is 28.8 Å². The Bertz CT molecular complexity index is 684. The van der Waals surface area contributed by atoms with E-state index in [1.807, 2.05) is 30.3 Å². The Morgan fingerprint density at radius 2 is 2.00 bits per heavy atom. The summed E-state index contributed by atoms with van der Waals surface area (Å²) in [6, 6.07) is 9.68. The van der Waals surface area contributed by atoms with Crippen LogP contribution in [0.5, 0.6) is 0 Å². The van der Waals surface area contributed by atoms with E-state index in [1.54, 1.807) is 12.4 Å². The fourth-order valence-electron chi connectivity index (χ4n) is 2.73. The molecule has 0 radical (unpaired) electrons. The summed E-state index contributed by atoms with van der Waals surface area (Å²) in [5.41, 5.74) is 3.40. The first kappa shape index (κ1) is 14.5. The molecule has 1 aliphatic heterocycles. The number of carbonyl (C=O) groups is 1. The molecule has 1 aromatic carbocycles. The predicted molar refractivity (Wildman–Crippen MR) is 88.8 cm³/mol. The van der Waals surface area contributed by atoms with Crippen molar-refractivity contribution >= 4 is 23.0 Å². The minimum atomic E-state index is -0.0834. The molecule has 0 spiro atoms. The standard InChI is InChI=1S/C17H20N4O/c1-20(2)10-5-11-21-15-7-4-3-6-13(15)17(22)19-14-12-18-9-8-16(14)21/h3-4,6-9,12H,5,10-11H2,1-2H3,(H,19,22). The van der Waals surface area contributed by atoms with Crippen LogP contribution in [0.3, 0.4) is 0 Å². The molecule has 2 heterocycles. The second-order valence-corrected chi connectivity index (χ2v) is 5.67. The summed E-state index contributed by atoms with van der Waals surface area (Å²) in [5.74, 6) is -0.0834. The number of rotatable bonds is 4. The zero-order valence-corrected chi connectivity index (χ0v) is 12.9. The van der Waals surface area contributed by atoms with Crippen LogP contribution in [0.4, 0.5) is 17.1 Å². The van der Waals surface area contributed by atoms with Crippen LogP contribution in [0.2, 0.25) is 0 Å². The van der Waals surface area contributed by atoms with Crippen molar-refractivity contribution in [1.82, 2.24) is 9.88 Å². The van der Waals surface area contributed by atoms with Crippen molar-refractivity contribution in [2.24, 2.45) is 0 Å². The Hall–Kier alpha value is -2.40. The number of para-hydroxylation sites is 1. The van der Waals surface area contributed by atoms with Gasteiger partial charge in [-0.3, -0.25) is 9.78 Å². The average molecular weight is 296 g/mol. The van der Waals surface area contributed by atoms with E-state index in [4.69, 9.17) is 0 Å². The fraction of sp³-hybridized carbons (Fsp3) is 0.294. The summed E-state index contributed by atoms with van der Waals surface area (Å²) < 4.78 is 0. The SMILES string of the molecule is CN(C)CCCN1c2ccncc2NC(=O)c2ccccc21. The quantitative estimate of drug-likeness (QED) is 0.942. The molecule has 3 rings (SSSR count). The molecule has 22 heavy (non-hydrogen) atoms. The molecule has 0 fully saturated rings. The molecule has 0 aliphatic carbocycles. The number of nitrogens with zero attached hydrogens (tertiary/aromatic N) is 3. The number of nitrogens with one attached hydrogen (secondary N) is 1. The lowest BCUT2D eigenvalue weighted by Crippen LogP contribution is -2.23. The van der Waals surface area contributed by atoms with Crippen molar-refractivity contribution < 1.29 is 4.79 Å². The average Bonchev–Trinajstić information content (AvgIpc) is 2.63. The smallest absolute Gasteiger partial charge is 0.257 e. The van der Waals surface area contributed by atoms with Crippen LogP contribution >= 0.6 is 0 Å². The number of amides is 1. The lowest BCUT2D eigenvalue weighted by atomic mass is 10.1. The van der Waals surface area contributed by atoms with Crippen molar-refractivity contribution in [2.75, 3.05) is 37.4 Å². The third-order valence-corrected chi connectivity index (χ3v) is 3.76. The number of hydrogen-bond acceptors (Lipinski definition) is 4. The number of hydrogen-bond donors (Lipinski definition) is 1.